The largest absolute Gasteiger partial charge is 0.277 e. The Hall–Kier alpha value is -1.10. The summed E-state index contributed by atoms with van der Waals surface area (Å²) in [5.41, 5.74) is 0.438. The first-order chi connectivity index (χ1) is 5.05. The second-order valence-corrected chi connectivity index (χ2v) is 4.11. The average molecular weight is 172 g/mol. The minimum absolute atomic E-state index is 0.188. The van der Waals surface area contributed by atoms with Crippen LogP contribution in [-0.4, -0.2) is 24.9 Å². The quantitative estimate of drug-likeness (QED) is 0.704. The van der Waals surface area contributed by atoms with Gasteiger partial charge in [-0.1, -0.05) is 6.58 Å². The molecule has 1 N–H and O–H groups in total. The van der Waals surface area contributed by atoms with Gasteiger partial charge in [-0.15, -0.1) is 0 Å². The van der Waals surface area contributed by atoms with Crippen LogP contribution in [0.2, 0.25) is 0 Å². The summed E-state index contributed by atoms with van der Waals surface area (Å²) in [4.78, 5) is 0.188. The summed E-state index contributed by atoms with van der Waals surface area (Å²) in [7, 11) is -3.17. The van der Waals surface area contributed by atoms with E-state index in [2.05, 4.69) is 16.8 Å². The van der Waals surface area contributed by atoms with Crippen molar-refractivity contribution >= 4 is 15.9 Å². The van der Waals surface area contributed by atoms with E-state index in [0.29, 0.717) is 5.69 Å². The summed E-state index contributed by atoms with van der Waals surface area (Å²) in [6.45, 7) is 3.44. The second kappa shape index (κ2) is 2.50. The lowest BCUT2D eigenvalue weighted by Gasteiger charge is -1.92. The Morgan fingerprint density at radius 2 is 2.36 bits per heavy atom. The summed E-state index contributed by atoms with van der Waals surface area (Å²) < 4.78 is 21.9. The summed E-state index contributed by atoms with van der Waals surface area (Å²) in [6, 6.07) is 0. The third-order valence-electron chi connectivity index (χ3n) is 1.24. The molecule has 0 aliphatic carbocycles. The zero-order chi connectivity index (χ0) is 8.48. The van der Waals surface area contributed by atoms with Gasteiger partial charge >= 0.3 is 0 Å². The van der Waals surface area contributed by atoms with E-state index in [1.54, 1.807) is 0 Å². The molecule has 0 fully saturated rings. The van der Waals surface area contributed by atoms with Crippen molar-refractivity contribution < 1.29 is 8.42 Å². The lowest BCUT2D eigenvalue weighted by molar-refractivity contribution is 0.602. The summed E-state index contributed by atoms with van der Waals surface area (Å²) in [6.07, 6.45) is 3.82. The lowest BCUT2D eigenvalue weighted by Crippen LogP contribution is -1.96. The van der Waals surface area contributed by atoms with E-state index in [4.69, 9.17) is 0 Å². The summed E-state index contributed by atoms with van der Waals surface area (Å²) in [5.74, 6) is 0. The van der Waals surface area contributed by atoms with Gasteiger partial charge in [0.15, 0.2) is 9.84 Å². The van der Waals surface area contributed by atoms with Crippen molar-refractivity contribution in [1.82, 2.24) is 10.2 Å². The molecule has 0 aromatic carbocycles. The predicted molar refractivity (Wildman–Crippen MR) is 41.8 cm³/mol. The van der Waals surface area contributed by atoms with E-state index in [9.17, 15) is 8.42 Å². The van der Waals surface area contributed by atoms with Gasteiger partial charge in [0.1, 0.15) is 4.90 Å². The van der Waals surface area contributed by atoms with Crippen LogP contribution in [0.15, 0.2) is 17.7 Å². The van der Waals surface area contributed by atoms with Crippen molar-refractivity contribution in [2.24, 2.45) is 0 Å². The van der Waals surface area contributed by atoms with Crippen LogP contribution in [0.25, 0.3) is 6.08 Å². The molecule has 0 atom stereocenters. The topological polar surface area (TPSA) is 62.8 Å². The predicted octanol–water partition coefficient (Wildman–Crippen LogP) is 0.456. The van der Waals surface area contributed by atoms with Crippen molar-refractivity contribution in [1.29, 1.82) is 0 Å². The average Bonchev–Trinajstić information content (AvgIpc) is 2.31. The molecular formula is C6H8N2O2S. The molecule has 1 rings (SSSR count). The first kappa shape index (κ1) is 8.00. The van der Waals surface area contributed by atoms with E-state index in [-0.39, 0.29) is 4.90 Å². The lowest BCUT2D eigenvalue weighted by atomic mass is 10.4. The number of sulfone groups is 1. The molecule has 0 aliphatic rings. The molecule has 60 valence electrons. The summed E-state index contributed by atoms with van der Waals surface area (Å²) >= 11 is 0. The maximum absolute atomic E-state index is 11.0. The Kier molecular flexibility index (Phi) is 1.82. The van der Waals surface area contributed by atoms with Crippen LogP contribution >= 0.6 is 0 Å². The zero-order valence-electron chi connectivity index (χ0n) is 6.03. The molecule has 4 nitrogen and oxygen atoms in total. The summed E-state index contributed by atoms with van der Waals surface area (Å²) in [5, 5.41) is 6.10. The second-order valence-electron chi connectivity index (χ2n) is 2.12. The Morgan fingerprint density at radius 1 is 1.73 bits per heavy atom. The molecule has 0 amide bonds. The van der Waals surface area contributed by atoms with Crippen LogP contribution in [0.4, 0.5) is 0 Å². The normalized spacial score (nSPS) is 11.4. The number of H-pyrrole nitrogens is 1. The monoisotopic (exact) mass is 172 g/mol. The molecular weight excluding hydrogens is 164 g/mol. The molecule has 0 saturated heterocycles. The first-order valence-corrected chi connectivity index (χ1v) is 4.80. The number of aromatic amines is 1. The SMILES string of the molecule is C=Cc1[nH]ncc1S(C)(=O)=O. The van der Waals surface area contributed by atoms with E-state index in [1.165, 1.54) is 12.3 Å². The van der Waals surface area contributed by atoms with Crippen LogP contribution in [0.5, 0.6) is 0 Å². The van der Waals surface area contributed by atoms with Crippen molar-refractivity contribution in [3.8, 4) is 0 Å². The van der Waals surface area contributed by atoms with Crippen molar-refractivity contribution in [3.05, 3.63) is 18.5 Å². The van der Waals surface area contributed by atoms with Gasteiger partial charge in [-0.25, -0.2) is 8.42 Å². The number of aromatic nitrogens is 2. The molecule has 1 aromatic heterocycles. The number of rotatable bonds is 2. The highest BCUT2D eigenvalue weighted by Gasteiger charge is 2.12. The third-order valence-corrected chi connectivity index (χ3v) is 2.36. The van der Waals surface area contributed by atoms with Crippen molar-refractivity contribution in [2.45, 2.75) is 4.90 Å². The minimum Gasteiger partial charge on any atom is -0.277 e. The van der Waals surface area contributed by atoms with Crippen LogP contribution in [-0.2, 0) is 9.84 Å². The molecule has 0 saturated carbocycles. The van der Waals surface area contributed by atoms with E-state index >= 15 is 0 Å². The maximum Gasteiger partial charge on any atom is 0.179 e. The standard InChI is InChI=1S/C6H8N2O2S/c1-3-5-6(4-7-8-5)11(2,9)10/h3-4H,1H2,2H3,(H,7,8). The molecule has 5 heteroatoms. The van der Waals surface area contributed by atoms with E-state index in [0.717, 1.165) is 6.26 Å². The van der Waals surface area contributed by atoms with Crippen LogP contribution in [0.3, 0.4) is 0 Å². The van der Waals surface area contributed by atoms with Gasteiger partial charge in [0, 0.05) is 6.26 Å². The van der Waals surface area contributed by atoms with Gasteiger partial charge in [-0.3, -0.25) is 5.10 Å². The highest BCUT2D eigenvalue weighted by molar-refractivity contribution is 7.90. The Labute approximate surface area is 64.9 Å². The molecule has 0 spiro atoms. The van der Waals surface area contributed by atoms with Crippen molar-refractivity contribution in [2.75, 3.05) is 6.26 Å². The molecule has 1 heterocycles. The van der Waals surface area contributed by atoms with Gasteiger partial charge in [0.2, 0.25) is 0 Å². The number of hydrogen-bond acceptors (Lipinski definition) is 3. The van der Waals surface area contributed by atoms with Gasteiger partial charge in [-0.2, -0.15) is 5.10 Å². The molecule has 0 aliphatic heterocycles. The van der Waals surface area contributed by atoms with E-state index < -0.39 is 9.84 Å². The Balaban J connectivity index is 3.35. The number of nitrogens with zero attached hydrogens (tertiary/aromatic N) is 1. The minimum atomic E-state index is -3.17. The molecule has 11 heavy (non-hydrogen) atoms. The van der Waals surface area contributed by atoms with Crippen LogP contribution < -0.4 is 0 Å². The van der Waals surface area contributed by atoms with E-state index in [1.807, 2.05) is 0 Å². The third kappa shape index (κ3) is 1.48. The fourth-order valence-electron chi connectivity index (χ4n) is 0.727. The fourth-order valence-corrected chi connectivity index (χ4v) is 1.50. The van der Waals surface area contributed by atoms with Gasteiger partial charge in [0.25, 0.3) is 0 Å². The fraction of sp³-hybridized carbons (Fsp3) is 0.167. The maximum atomic E-state index is 11.0. The Bertz CT molecular complexity index is 364. The molecule has 0 bridgehead atoms. The van der Waals surface area contributed by atoms with Crippen LogP contribution in [0, 0.1) is 0 Å². The van der Waals surface area contributed by atoms with Crippen molar-refractivity contribution in [3.63, 3.8) is 0 Å². The molecule has 0 radical (unpaired) electrons. The first-order valence-electron chi connectivity index (χ1n) is 2.91. The highest BCUT2D eigenvalue weighted by atomic mass is 32.2. The van der Waals surface area contributed by atoms with Gasteiger partial charge in [-0.05, 0) is 6.08 Å². The number of hydrogen-bond donors (Lipinski definition) is 1. The van der Waals surface area contributed by atoms with Crippen LogP contribution in [0.1, 0.15) is 5.69 Å². The molecule has 1 aromatic rings. The zero-order valence-corrected chi connectivity index (χ0v) is 6.85. The smallest absolute Gasteiger partial charge is 0.179 e. The molecule has 0 unspecified atom stereocenters. The van der Waals surface area contributed by atoms with Gasteiger partial charge in [0.05, 0.1) is 11.9 Å². The Morgan fingerprint density at radius 3 is 2.73 bits per heavy atom. The number of nitrogens with one attached hydrogen (secondary N) is 1. The highest BCUT2D eigenvalue weighted by Crippen LogP contribution is 2.12. The van der Waals surface area contributed by atoms with Gasteiger partial charge < -0.3 is 0 Å².